The molecular formula is C11H18N2O5. The Morgan fingerprint density at radius 3 is 2.50 bits per heavy atom. The fourth-order valence-electron chi connectivity index (χ4n) is 1.57. The third kappa shape index (κ3) is 4.70. The molecule has 1 fully saturated rings. The van der Waals surface area contributed by atoms with Crippen molar-refractivity contribution in [3.63, 3.8) is 0 Å². The first-order chi connectivity index (χ1) is 8.56. The summed E-state index contributed by atoms with van der Waals surface area (Å²) < 4.78 is 4.77. The molecule has 0 bridgehead atoms. The molecule has 0 heterocycles. The summed E-state index contributed by atoms with van der Waals surface area (Å²) in [5.41, 5.74) is 0. The Hall–Kier alpha value is -1.63. The van der Waals surface area contributed by atoms with Gasteiger partial charge in [0.05, 0.1) is 18.4 Å². The number of ether oxygens (including phenoxy) is 1. The van der Waals surface area contributed by atoms with Gasteiger partial charge in [-0.25, -0.2) is 0 Å². The number of methoxy groups -OCH3 is 1. The molecule has 7 nitrogen and oxygen atoms in total. The molecule has 102 valence electrons. The van der Waals surface area contributed by atoms with Crippen molar-refractivity contribution >= 4 is 17.8 Å². The molecule has 2 atom stereocenters. The molecule has 1 aliphatic carbocycles. The molecule has 3 N–H and O–H groups in total. The van der Waals surface area contributed by atoms with Gasteiger partial charge in [0.25, 0.3) is 0 Å². The number of carboxylic acid groups (broad SMARTS) is 1. The highest BCUT2D eigenvalue weighted by atomic mass is 16.5. The van der Waals surface area contributed by atoms with Crippen molar-refractivity contribution in [2.75, 3.05) is 26.8 Å². The van der Waals surface area contributed by atoms with Gasteiger partial charge in [-0.1, -0.05) is 0 Å². The molecule has 2 amide bonds. The first-order valence-electron chi connectivity index (χ1n) is 5.82. The fourth-order valence-corrected chi connectivity index (χ4v) is 1.57. The largest absolute Gasteiger partial charge is 0.481 e. The van der Waals surface area contributed by atoms with E-state index in [2.05, 4.69) is 10.6 Å². The SMILES string of the molecule is COCCNC(=O)CCNC(=O)[C@@H]1C[C@@H]1C(=O)O. The van der Waals surface area contributed by atoms with Crippen LogP contribution >= 0.6 is 0 Å². The summed E-state index contributed by atoms with van der Waals surface area (Å²) >= 11 is 0. The van der Waals surface area contributed by atoms with Crippen molar-refractivity contribution < 1.29 is 24.2 Å². The lowest BCUT2D eigenvalue weighted by molar-refractivity contribution is -0.140. The first-order valence-corrected chi connectivity index (χ1v) is 5.82. The Labute approximate surface area is 105 Å². The quantitative estimate of drug-likeness (QED) is 0.483. The van der Waals surface area contributed by atoms with Gasteiger partial charge in [-0.2, -0.15) is 0 Å². The van der Waals surface area contributed by atoms with Gasteiger partial charge in [0.15, 0.2) is 0 Å². The molecule has 18 heavy (non-hydrogen) atoms. The second kappa shape index (κ2) is 6.95. The summed E-state index contributed by atoms with van der Waals surface area (Å²) in [6, 6.07) is 0. The summed E-state index contributed by atoms with van der Waals surface area (Å²) in [6.45, 7) is 1.11. The van der Waals surface area contributed by atoms with Crippen LogP contribution in [-0.4, -0.2) is 49.7 Å². The maximum absolute atomic E-state index is 11.4. The smallest absolute Gasteiger partial charge is 0.307 e. The molecule has 0 aromatic rings. The van der Waals surface area contributed by atoms with Crippen molar-refractivity contribution in [2.24, 2.45) is 11.8 Å². The van der Waals surface area contributed by atoms with Gasteiger partial charge in [-0.05, 0) is 6.42 Å². The van der Waals surface area contributed by atoms with Gasteiger partial charge in [0.1, 0.15) is 0 Å². The average molecular weight is 258 g/mol. The number of carboxylic acids is 1. The standard InChI is InChI=1S/C11H18N2O5/c1-18-5-4-12-9(14)2-3-13-10(15)7-6-8(7)11(16)17/h7-8H,2-6H2,1H3,(H,12,14)(H,13,15)(H,16,17)/t7-,8+/m1/s1. The second-order valence-electron chi connectivity index (χ2n) is 4.17. The molecule has 1 rings (SSSR count). The van der Waals surface area contributed by atoms with Gasteiger partial charge >= 0.3 is 5.97 Å². The van der Waals surface area contributed by atoms with E-state index in [1.54, 1.807) is 7.11 Å². The van der Waals surface area contributed by atoms with E-state index >= 15 is 0 Å². The lowest BCUT2D eigenvalue weighted by Gasteiger charge is -2.05. The van der Waals surface area contributed by atoms with E-state index in [-0.39, 0.29) is 24.8 Å². The van der Waals surface area contributed by atoms with Crippen LogP contribution in [-0.2, 0) is 19.1 Å². The maximum atomic E-state index is 11.4. The van der Waals surface area contributed by atoms with Gasteiger partial charge in [0, 0.05) is 26.6 Å². The first kappa shape index (κ1) is 14.4. The van der Waals surface area contributed by atoms with Crippen LogP contribution < -0.4 is 10.6 Å². The third-order valence-corrected chi connectivity index (χ3v) is 2.72. The summed E-state index contributed by atoms with van der Waals surface area (Å²) in [7, 11) is 1.54. The van der Waals surface area contributed by atoms with E-state index < -0.39 is 17.8 Å². The molecule has 0 aliphatic heterocycles. The normalized spacial score (nSPS) is 21.2. The van der Waals surface area contributed by atoms with Gasteiger partial charge in [-0.3, -0.25) is 14.4 Å². The molecule has 0 spiro atoms. The molecule has 7 heteroatoms. The molecule has 1 saturated carbocycles. The highest BCUT2D eigenvalue weighted by molar-refractivity contribution is 5.89. The van der Waals surface area contributed by atoms with Crippen molar-refractivity contribution in [3.05, 3.63) is 0 Å². The molecule has 0 saturated heterocycles. The van der Waals surface area contributed by atoms with E-state index in [4.69, 9.17) is 9.84 Å². The molecule has 0 aromatic heterocycles. The molecule has 0 radical (unpaired) electrons. The monoisotopic (exact) mass is 258 g/mol. The van der Waals surface area contributed by atoms with Crippen LogP contribution in [0.2, 0.25) is 0 Å². The number of aliphatic carboxylic acids is 1. The number of hydrogen-bond acceptors (Lipinski definition) is 4. The third-order valence-electron chi connectivity index (χ3n) is 2.72. The molecular weight excluding hydrogens is 240 g/mol. The lowest BCUT2D eigenvalue weighted by Crippen LogP contribution is -2.33. The Bertz CT molecular complexity index is 331. The van der Waals surface area contributed by atoms with Crippen molar-refractivity contribution in [1.29, 1.82) is 0 Å². The van der Waals surface area contributed by atoms with Crippen molar-refractivity contribution in [3.8, 4) is 0 Å². The molecule has 0 aromatic carbocycles. The average Bonchev–Trinajstić information content (AvgIpc) is 3.09. The minimum absolute atomic E-state index is 0.169. The van der Waals surface area contributed by atoms with Crippen LogP contribution in [0, 0.1) is 11.8 Å². The van der Waals surface area contributed by atoms with E-state index in [1.807, 2.05) is 0 Å². The molecule has 1 aliphatic rings. The number of nitrogens with one attached hydrogen (secondary N) is 2. The Balaban J connectivity index is 2.06. The van der Waals surface area contributed by atoms with Crippen LogP contribution in [0.1, 0.15) is 12.8 Å². The van der Waals surface area contributed by atoms with Crippen molar-refractivity contribution in [2.45, 2.75) is 12.8 Å². The van der Waals surface area contributed by atoms with E-state index in [1.165, 1.54) is 0 Å². The van der Waals surface area contributed by atoms with Gasteiger partial charge in [0.2, 0.25) is 11.8 Å². The summed E-state index contributed by atoms with van der Waals surface area (Å²) in [6.07, 6.45) is 0.571. The number of hydrogen-bond donors (Lipinski definition) is 3. The van der Waals surface area contributed by atoms with Crippen LogP contribution in [0.4, 0.5) is 0 Å². The van der Waals surface area contributed by atoms with Crippen LogP contribution in [0.3, 0.4) is 0 Å². The Kier molecular flexibility index (Phi) is 5.57. The topological polar surface area (TPSA) is 105 Å². The van der Waals surface area contributed by atoms with Crippen LogP contribution in [0.25, 0.3) is 0 Å². The number of rotatable bonds is 8. The van der Waals surface area contributed by atoms with Crippen molar-refractivity contribution in [1.82, 2.24) is 10.6 Å². The second-order valence-corrected chi connectivity index (χ2v) is 4.17. The predicted molar refractivity (Wildman–Crippen MR) is 61.7 cm³/mol. The highest BCUT2D eigenvalue weighted by Gasteiger charge is 2.48. The van der Waals surface area contributed by atoms with E-state index in [0.717, 1.165) is 0 Å². The van der Waals surface area contributed by atoms with E-state index in [0.29, 0.717) is 19.6 Å². The number of carbonyl (C=O) groups excluding carboxylic acids is 2. The summed E-state index contributed by atoms with van der Waals surface area (Å²) in [4.78, 5) is 33.2. The lowest BCUT2D eigenvalue weighted by atomic mass is 10.3. The summed E-state index contributed by atoms with van der Waals surface area (Å²) in [5, 5.41) is 13.8. The van der Waals surface area contributed by atoms with Crippen LogP contribution in [0.5, 0.6) is 0 Å². The Morgan fingerprint density at radius 2 is 1.94 bits per heavy atom. The van der Waals surface area contributed by atoms with Gasteiger partial charge < -0.3 is 20.5 Å². The maximum Gasteiger partial charge on any atom is 0.307 e. The zero-order valence-corrected chi connectivity index (χ0v) is 10.3. The van der Waals surface area contributed by atoms with Gasteiger partial charge in [-0.15, -0.1) is 0 Å². The minimum atomic E-state index is -0.938. The zero-order valence-electron chi connectivity index (χ0n) is 10.3. The highest BCUT2D eigenvalue weighted by Crippen LogP contribution is 2.38. The zero-order chi connectivity index (χ0) is 13.5. The fraction of sp³-hybridized carbons (Fsp3) is 0.727. The Morgan fingerprint density at radius 1 is 1.22 bits per heavy atom. The van der Waals surface area contributed by atoms with Crippen LogP contribution in [0.15, 0.2) is 0 Å². The van der Waals surface area contributed by atoms with E-state index in [9.17, 15) is 14.4 Å². The predicted octanol–water partition coefficient (Wildman–Crippen LogP) is -1.02. The number of carbonyl (C=O) groups is 3. The summed E-state index contributed by atoms with van der Waals surface area (Å²) in [5.74, 6) is -2.38. The number of amides is 2. The minimum Gasteiger partial charge on any atom is -0.481 e. The molecule has 0 unspecified atom stereocenters.